The van der Waals surface area contributed by atoms with E-state index in [9.17, 15) is 9.59 Å². The van der Waals surface area contributed by atoms with Gasteiger partial charge in [-0.05, 0) is 35.4 Å². The summed E-state index contributed by atoms with van der Waals surface area (Å²) in [4.78, 5) is 29.4. The average Bonchev–Trinajstić information content (AvgIpc) is 3.37. The van der Waals surface area contributed by atoms with Crippen LogP contribution >= 0.6 is 22.7 Å². The van der Waals surface area contributed by atoms with E-state index in [-0.39, 0.29) is 24.3 Å². The van der Waals surface area contributed by atoms with Crippen molar-refractivity contribution in [3.63, 3.8) is 0 Å². The number of nitrogens with one attached hydrogen (secondary N) is 2. The summed E-state index contributed by atoms with van der Waals surface area (Å²) in [5.74, 6) is -0.221. The summed E-state index contributed by atoms with van der Waals surface area (Å²) in [5.41, 5.74) is 3.19. The number of thiophene rings is 1. The van der Waals surface area contributed by atoms with Crippen LogP contribution in [0.15, 0.2) is 47.2 Å². The third-order valence-electron chi connectivity index (χ3n) is 4.33. The van der Waals surface area contributed by atoms with Gasteiger partial charge in [0.25, 0.3) is 5.91 Å². The molecule has 1 aromatic carbocycles. The highest BCUT2D eigenvalue weighted by Crippen LogP contribution is 2.30. The minimum Gasteiger partial charge on any atom is -0.349 e. The second-order valence-electron chi connectivity index (χ2n) is 6.11. The Morgan fingerprint density at radius 3 is 2.88 bits per heavy atom. The highest BCUT2D eigenvalue weighted by molar-refractivity contribution is 7.14. The molecule has 0 fully saturated rings. The van der Waals surface area contributed by atoms with E-state index >= 15 is 0 Å². The molecule has 132 valence electrons. The Balaban J connectivity index is 1.34. The van der Waals surface area contributed by atoms with Gasteiger partial charge in [0.2, 0.25) is 5.91 Å². The van der Waals surface area contributed by atoms with E-state index in [0.29, 0.717) is 15.7 Å². The van der Waals surface area contributed by atoms with Gasteiger partial charge in [0.05, 0.1) is 23.0 Å². The van der Waals surface area contributed by atoms with E-state index in [1.165, 1.54) is 33.8 Å². The first-order valence-corrected chi connectivity index (χ1v) is 10.1. The SMILES string of the molecule is O=C(Cc1csc(NC(=O)c2cccs2)n1)NC1CCc2ccccc21. The maximum Gasteiger partial charge on any atom is 0.267 e. The van der Waals surface area contributed by atoms with E-state index in [1.807, 2.05) is 29.0 Å². The standard InChI is InChI=1S/C19H17N3O2S2/c23-17(21-15-8-7-12-4-1-2-5-14(12)15)10-13-11-26-19(20-13)22-18(24)16-6-3-9-25-16/h1-6,9,11,15H,7-8,10H2,(H,21,23)(H,20,22,24). The average molecular weight is 383 g/mol. The molecule has 2 amide bonds. The number of benzene rings is 1. The maximum absolute atomic E-state index is 12.4. The second-order valence-corrected chi connectivity index (χ2v) is 7.92. The summed E-state index contributed by atoms with van der Waals surface area (Å²) in [6.07, 6.45) is 2.14. The Morgan fingerprint density at radius 2 is 2.04 bits per heavy atom. The molecule has 26 heavy (non-hydrogen) atoms. The van der Waals surface area contributed by atoms with Gasteiger partial charge in [-0.3, -0.25) is 14.9 Å². The molecule has 2 aromatic heterocycles. The zero-order valence-corrected chi connectivity index (χ0v) is 15.5. The van der Waals surface area contributed by atoms with Gasteiger partial charge in [0.1, 0.15) is 0 Å². The molecule has 0 bridgehead atoms. The molecule has 0 saturated heterocycles. The molecule has 0 spiro atoms. The molecule has 1 aliphatic carbocycles. The Bertz CT molecular complexity index is 934. The van der Waals surface area contributed by atoms with Gasteiger partial charge in [0.15, 0.2) is 5.13 Å². The van der Waals surface area contributed by atoms with Crippen LogP contribution < -0.4 is 10.6 Å². The van der Waals surface area contributed by atoms with E-state index in [4.69, 9.17) is 0 Å². The van der Waals surface area contributed by atoms with E-state index in [2.05, 4.69) is 27.8 Å². The van der Waals surface area contributed by atoms with Gasteiger partial charge in [-0.2, -0.15) is 0 Å². The van der Waals surface area contributed by atoms with E-state index < -0.39 is 0 Å². The van der Waals surface area contributed by atoms with Gasteiger partial charge in [0, 0.05) is 5.38 Å². The van der Waals surface area contributed by atoms with Crippen LogP contribution in [-0.4, -0.2) is 16.8 Å². The van der Waals surface area contributed by atoms with Crippen LogP contribution in [0.25, 0.3) is 0 Å². The van der Waals surface area contributed by atoms with Crippen molar-refractivity contribution in [1.82, 2.24) is 10.3 Å². The predicted octanol–water partition coefficient (Wildman–Crippen LogP) is 3.80. The first-order chi connectivity index (χ1) is 12.7. The molecular weight excluding hydrogens is 366 g/mol. The number of anilines is 1. The number of rotatable bonds is 5. The normalized spacial score (nSPS) is 15.5. The van der Waals surface area contributed by atoms with Crippen LogP contribution in [0.1, 0.15) is 39.0 Å². The fourth-order valence-electron chi connectivity index (χ4n) is 3.13. The van der Waals surface area contributed by atoms with Crippen LogP contribution in [0.2, 0.25) is 0 Å². The van der Waals surface area contributed by atoms with Crippen molar-refractivity contribution in [2.24, 2.45) is 0 Å². The fraction of sp³-hybridized carbons (Fsp3) is 0.211. The van der Waals surface area contributed by atoms with E-state index in [1.54, 1.807) is 6.07 Å². The van der Waals surface area contributed by atoms with Crippen molar-refractivity contribution in [2.75, 3.05) is 5.32 Å². The van der Waals surface area contributed by atoms with Gasteiger partial charge >= 0.3 is 0 Å². The lowest BCUT2D eigenvalue weighted by atomic mass is 10.1. The van der Waals surface area contributed by atoms with Gasteiger partial charge in [-0.25, -0.2) is 4.98 Å². The summed E-state index contributed by atoms with van der Waals surface area (Å²) in [6, 6.07) is 11.9. The van der Waals surface area contributed by atoms with Crippen molar-refractivity contribution >= 4 is 39.6 Å². The third kappa shape index (κ3) is 3.68. The first-order valence-electron chi connectivity index (χ1n) is 8.35. The van der Waals surface area contributed by atoms with Gasteiger partial charge in [-0.15, -0.1) is 22.7 Å². The number of carbonyl (C=O) groups is 2. The lowest BCUT2D eigenvalue weighted by molar-refractivity contribution is -0.121. The lowest BCUT2D eigenvalue weighted by Gasteiger charge is -2.13. The Kier molecular flexibility index (Phi) is 4.81. The predicted molar refractivity (Wildman–Crippen MR) is 104 cm³/mol. The van der Waals surface area contributed by atoms with Crippen LogP contribution in [0.5, 0.6) is 0 Å². The van der Waals surface area contributed by atoms with Crippen LogP contribution in [0.4, 0.5) is 5.13 Å². The second kappa shape index (κ2) is 7.39. The quantitative estimate of drug-likeness (QED) is 0.704. The molecule has 5 nitrogen and oxygen atoms in total. The minimum atomic E-state index is -0.173. The van der Waals surface area contributed by atoms with E-state index in [0.717, 1.165) is 12.8 Å². The molecule has 0 radical (unpaired) electrons. The zero-order valence-electron chi connectivity index (χ0n) is 13.9. The summed E-state index contributed by atoms with van der Waals surface area (Å²) in [7, 11) is 0. The van der Waals surface area contributed by atoms with Crippen LogP contribution in [0, 0.1) is 0 Å². The molecule has 4 rings (SSSR count). The van der Waals surface area contributed by atoms with Crippen molar-refractivity contribution < 1.29 is 9.59 Å². The van der Waals surface area contributed by atoms with Crippen LogP contribution in [0.3, 0.4) is 0 Å². The molecule has 1 atom stereocenters. The smallest absolute Gasteiger partial charge is 0.267 e. The van der Waals surface area contributed by atoms with Crippen molar-refractivity contribution in [3.05, 3.63) is 68.9 Å². The number of aromatic nitrogens is 1. The lowest BCUT2D eigenvalue weighted by Crippen LogP contribution is -2.28. The molecule has 2 N–H and O–H groups in total. The first kappa shape index (κ1) is 16.9. The fourth-order valence-corrected chi connectivity index (χ4v) is 4.45. The number of fused-ring (bicyclic) bond motifs is 1. The molecule has 0 saturated carbocycles. The molecule has 1 unspecified atom stereocenters. The largest absolute Gasteiger partial charge is 0.349 e. The topological polar surface area (TPSA) is 71.1 Å². The number of hydrogen-bond acceptors (Lipinski definition) is 5. The Hall–Kier alpha value is -2.51. The van der Waals surface area contributed by atoms with Gasteiger partial charge < -0.3 is 5.32 Å². The number of aryl methyl sites for hydroxylation is 1. The summed E-state index contributed by atoms with van der Waals surface area (Å²) in [5, 5.41) is 10.0. The zero-order chi connectivity index (χ0) is 17.9. The monoisotopic (exact) mass is 383 g/mol. The molecule has 3 aromatic rings. The number of nitrogens with zero attached hydrogens (tertiary/aromatic N) is 1. The summed E-state index contributed by atoms with van der Waals surface area (Å²) < 4.78 is 0. The highest BCUT2D eigenvalue weighted by Gasteiger charge is 2.23. The highest BCUT2D eigenvalue weighted by atomic mass is 32.1. The molecule has 2 heterocycles. The van der Waals surface area contributed by atoms with Crippen molar-refractivity contribution in [1.29, 1.82) is 0 Å². The van der Waals surface area contributed by atoms with Crippen molar-refractivity contribution in [2.45, 2.75) is 25.3 Å². The number of carbonyl (C=O) groups excluding carboxylic acids is 2. The number of thiazole rings is 1. The van der Waals surface area contributed by atoms with Crippen LogP contribution in [-0.2, 0) is 17.6 Å². The van der Waals surface area contributed by atoms with Gasteiger partial charge in [-0.1, -0.05) is 30.3 Å². The molecular formula is C19H17N3O2S2. The minimum absolute atomic E-state index is 0.0480. The number of hydrogen-bond donors (Lipinski definition) is 2. The summed E-state index contributed by atoms with van der Waals surface area (Å²) in [6.45, 7) is 0. The number of amides is 2. The third-order valence-corrected chi connectivity index (χ3v) is 6.00. The molecule has 7 heteroatoms. The summed E-state index contributed by atoms with van der Waals surface area (Å²) >= 11 is 2.71. The molecule has 0 aliphatic heterocycles. The van der Waals surface area contributed by atoms with Crippen molar-refractivity contribution in [3.8, 4) is 0 Å². The molecule has 1 aliphatic rings. The maximum atomic E-state index is 12.4. The Morgan fingerprint density at radius 1 is 1.15 bits per heavy atom. The Labute approximate surface area is 159 Å².